The summed E-state index contributed by atoms with van der Waals surface area (Å²) in [4.78, 5) is 11.7. The highest BCUT2D eigenvalue weighted by molar-refractivity contribution is 5.78. The van der Waals surface area contributed by atoms with Crippen LogP contribution in [0.25, 0.3) is 0 Å². The van der Waals surface area contributed by atoms with E-state index in [1.54, 1.807) is 12.3 Å². The molecule has 1 aromatic rings. The largest absolute Gasteiger partial charge is 0.360 e. The van der Waals surface area contributed by atoms with E-state index >= 15 is 0 Å². The van der Waals surface area contributed by atoms with E-state index in [9.17, 15) is 4.79 Å². The van der Waals surface area contributed by atoms with Crippen LogP contribution in [0.1, 0.15) is 38.9 Å². The molecule has 5 nitrogen and oxygen atoms in total. The number of nitrogens with one attached hydrogen (secondary N) is 1. The van der Waals surface area contributed by atoms with Crippen molar-refractivity contribution in [3.8, 4) is 0 Å². The van der Waals surface area contributed by atoms with E-state index in [-0.39, 0.29) is 17.9 Å². The van der Waals surface area contributed by atoms with Gasteiger partial charge in [-0.05, 0) is 19.8 Å². The Balaban J connectivity index is 2.18. The standard InChI is InChI=1S/C12H21N3O2/c1-9(4-3-5-10(2)13)12(16)14-8-11-6-7-15-17-11/h6-7,9-10H,3-5,8,13H2,1-2H3,(H,14,16). The minimum atomic E-state index is 0.0108. The van der Waals surface area contributed by atoms with Crippen LogP contribution >= 0.6 is 0 Å². The molecule has 0 saturated carbocycles. The molecule has 1 aromatic heterocycles. The molecule has 0 aromatic carbocycles. The summed E-state index contributed by atoms with van der Waals surface area (Å²) in [6.45, 7) is 4.31. The molecular weight excluding hydrogens is 218 g/mol. The molecule has 1 rings (SSSR count). The van der Waals surface area contributed by atoms with Crippen LogP contribution in [-0.4, -0.2) is 17.1 Å². The monoisotopic (exact) mass is 239 g/mol. The molecule has 0 saturated heterocycles. The van der Waals surface area contributed by atoms with Gasteiger partial charge < -0.3 is 15.6 Å². The number of aromatic nitrogens is 1. The van der Waals surface area contributed by atoms with Crippen molar-refractivity contribution in [3.63, 3.8) is 0 Å². The van der Waals surface area contributed by atoms with Gasteiger partial charge >= 0.3 is 0 Å². The molecular formula is C12H21N3O2. The zero-order chi connectivity index (χ0) is 12.7. The molecule has 0 aliphatic rings. The van der Waals surface area contributed by atoms with Crippen LogP contribution in [0.3, 0.4) is 0 Å². The van der Waals surface area contributed by atoms with Crippen LogP contribution in [-0.2, 0) is 11.3 Å². The Kier molecular flexibility index (Phi) is 5.69. The van der Waals surface area contributed by atoms with Gasteiger partial charge in [0.25, 0.3) is 0 Å². The zero-order valence-corrected chi connectivity index (χ0v) is 10.5. The van der Waals surface area contributed by atoms with Crippen molar-refractivity contribution < 1.29 is 9.32 Å². The first-order valence-corrected chi connectivity index (χ1v) is 6.02. The van der Waals surface area contributed by atoms with Crippen LogP contribution in [0, 0.1) is 5.92 Å². The quantitative estimate of drug-likeness (QED) is 0.754. The van der Waals surface area contributed by atoms with Crippen molar-refractivity contribution in [3.05, 3.63) is 18.0 Å². The van der Waals surface area contributed by atoms with Gasteiger partial charge in [-0.25, -0.2) is 0 Å². The molecule has 0 aliphatic heterocycles. The number of amides is 1. The van der Waals surface area contributed by atoms with Crippen molar-refractivity contribution >= 4 is 5.91 Å². The Bertz CT molecular complexity index is 323. The lowest BCUT2D eigenvalue weighted by Gasteiger charge is -2.12. The van der Waals surface area contributed by atoms with Crippen LogP contribution in [0.2, 0.25) is 0 Å². The predicted octanol–water partition coefficient (Wildman–Crippen LogP) is 1.44. The third-order valence-corrected chi connectivity index (χ3v) is 2.67. The fourth-order valence-electron chi connectivity index (χ4n) is 1.56. The average Bonchev–Trinajstić information content (AvgIpc) is 2.78. The highest BCUT2D eigenvalue weighted by Crippen LogP contribution is 2.09. The molecule has 1 heterocycles. The second kappa shape index (κ2) is 7.06. The van der Waals surface area contributed by atoms with Gasteiger partial charge in [-0.15, -0.1) is 0 Å². The Morgan fingerprint density at radius 2 is 2.29 bits per heavy atom. The third-order valence-electron chi connectivity index (χ3n) is 2.67. The molecule has 1 amide bonds. The Morgan fingerprint density at radius 1 is 1.53 bits per heavy atom. The molecule has 0 spiro atoms. The zero-order valence-electron chi connectivity index (χ0n) is 10.5. The highest BCUT2D eigenvalue weighted by atomic mass is 16.5. The summed E-state index contributed by atoms with van der Waals surface area (Å²) in [6, 6.07) is 1.94. The van der Waals surface area contributed by atoms with E-state index in [4.69, 9.17) is 10.3 Å². The fraction of sp³-hybridized carbons (Fsp3) is 0.667. The normalized spacial score (nSPS) is 14.3. The molecule has 0 radical (unpaired) electrons. The first-order chi connectivity index (χ1) is 8.09. The lowest BCUT2D eigenvalue weighted by atomic mass is 10.0. The Morgan fingerprint density at radius 3 is 2.88 bits per heavy atom. The number of hydrogen-bond donors (Lipinski definition) is 2. The molecule has 3 N–H and O–H groups in total. The van der Waals surface area contributed by atoms with Crippen molar-refractivity contribution in [1.29, 1.82) is 0 Å². The summed E-state index contributed by atoms with van der Waals surface area (Å²) in [5, 5.41) is 6.39. The number of hydrogen-bond acceptors (Lipinski definition) is 4. The van der Waals surface area contributed by atoms with Gasteiger partial charge in [0.05, 0.1) is 12.7 Å². The van der Waals surface area contributed by atoms with Gasteiger partial charge in [-0.1, -0.05) is 18.5 Å². The summed E-state index contributed by atoms with van der Waals surface area (Å²) in [6.07, 6.45) is 4.37. The number of carbonyl (C=O) groups excluding carboxylic acids is 1. The fourth-order valence-corrected chi connectivity index (χ4v) is 1.56. The lowest BCUT2D eigenvalue weighted by Crippen LogP contribution is -2.28. The van der Waals surface area contributed by atoms with E-state index in [0.717, 1.165) is 19.3 Å². The summed E-state index contributed by atoms with van der Waals surface area (Å²) >= 11 is 0. The van der Waals surface area contributed by atoms with E-state index in [0.29, 0.717) is 12.3 Å². The topological polar surface area (TPSA) is 81.2 Å². The van der Waals surface area contributed by atoms with Crippen LogP contribution in [0.5, 0.6) is 0 Å². The minimum Gasteiger partial charge on any atom is -0.360 e. The van der Waals surface area contributed by atoms with Gasteiger partial charge in [-0.2, -0.15) is 0 Å². The van der Waals surface area contributed by atoms with E-state index in [1.807, 2.05) is 13.8 Å². The number of nitrogens with zero attached hydrogens (tertiary/aromatic N) is 1. The number of carbonyl (C=O) groups is 1. The van der Waals surface area contributed by atoms with Crippen LogP contribution in [0.4, 0.5) is 0 Å². The highest BCUT2D eigenvalue weighted by Gasteiger charge is 2.12. The predicted molar refractivity (Wildman–Crippen MR) is 65.0 cm³/mol. The smallest absolute Gasteiger partial charge is 0.223 e. The van der Waals surface area contributed by atoms with E-state index < -0.39 is 0 Å². The SMILES string of the molecule is CC(N)CCCC(C)C(=O)NCc1ccno1. The van der Waals surface area contributed by atoms with Gasteiger partial charge in [-0.3, -0.25) is 4.79 Å². The summed E-state index contributed by atoms with van der Waals surface area (Å²) < 4.78 is 4.89. The Labute approximate surface area is 102 Å². The third kappa shape index (κ3) is 5.49. The van der Waals surface area contributed by atoms with E-state index in [2.05, 4.69) is 10.5 Å². The molecule has 0 aliphatic carbocycles. The second-order valence-corrected chi connectivity index (χ2v) is 4.51. The molecule has 2 atom stereocenters. The maximum absolute atomic E-state index is 11.7. The maximum atomic E-state index is 11.7. The van der Waals surface area contributed by atoms with Gasteiger partial charge in [0, 0.05) is 18.0 Å². The first-order valence-electron chi connectivity index (χ1n) is 6.02. The summed E-state index contributed by atoms with van der Waals surface area (Å²) in [5.74, 6) is 0.726. The van der Waals surface area contributed by atoms with Crippen molar-refractivity contribution in [1.82, 2.24) is 10.5 Å². The van der Waals surface area contributed by atoms with Crippen molar-refractivity contribution in [2.24, 2.45) is 11.7 Å². The van der Waals surface area contributed by atoms with Gasteiger partial charge in [0.15, 0.2) is 5.76 Å². The first kappa shape index (κ1) is 13.7. The molecule has 2 unspecified atom stereocenters. The molecule has 17 heavy (non-hydrogen) atoms. The summed E-state index contributed by atoms with van der Waals surface area (Å²) in [5.41, 5.74) is 5.66. The van der Waals surface area contributed by atoms with Crippen LogP contribution in [0.15, 0.2) is 16.8 Å². The Hall–Kier alpha value is -1.36. The average molecular weight is 239 g/mol. The summed E-state index contributed by atoms with van der Waals surface area (Å²) in [7, 11) is 0. The maximum Gasteiger partial charge on any atom is 0.223 e. The van der Waals surface area contributed by atoms with Crippen molar-refractivity contribution in [2.45, 2.75) is 45.7 Å². The second-order valence-electron chi connectivity index (χ2n) is 4.51. The number of rotatable bonds is 7. The van der Waals surface area contributed by atoms with Crippen LogP contribution < -0.4 is 11.1 Å². The molecule has 5 heteroatoms. The molecule has 0 bridgehead atoms. The number of nitrogens with two attached hydrogens (primary N) is 1. The minimum absolute atomic E-state index is 0.0108. The van der Waals surface area contributed by atoms with Gasteiger partial charge in [0.1, 0.15) is 0 Å². The molecule has 0 fully saturated rings. The van der Waals surface area contributed by atoms with Crippen molar-refractivity contribution in [2.75, 3.05) is 0 Å². The van der Waals surface area contributed by atoms with Gasteiger partial charge in [0.2, 0.25) is 5.91 Å². The van der Waals surface area contributed by atoms with E-state index in [1.165, 1.54) is 0 Å². The lowest BCUT2D eigenvalue weighted by molar-refractivity contribution is -0.125. The molecule has 96 valence electrons.